The molecule has 1 heterocycles. The molecular weight excluding hydrogens is 228 g/mol. The Kier molecular flexibility index (Phi) is 5.19. The Bertz CT molecular complexity index is 223. The highest BCUT2D eigenvalue weighted by molar-refractivity contribution is 8.00. The molecule has 2 fully saturated rings. The monoisotopic (exact) mass is 256 g/mol. The minimum Gasteiger partial charge on any atom is -0.313 e. The Morgan fingerprint density at radius 1 is 1.35 bits per heavy atom. The Hall–Kier alpha value is 0.270. The van der Waals surface area contributed by atoms with E-state index in [4.69, 9.17) is 0 Å². The average Bonchev–Trinajstić information content (AvgIpc) is 2.32. The van der Waals surface area contributed by atoms with Crippen molar-refractivity contribution in [1.29, 1.82) is 0 Å². The van der Waals surface area contributed by atoms with Crippen LogP contribution in [-0.2, 0) is 0 Å². The van der Waals surface area contributed by atoms with E-state index < -0.39 is 0 Å². The van der Waals surface area contributed by atoms with Gasteiger partial charge in [0.2, 0.25) is 0 Å². The van der Waals surface area contributed by atoms with Gasteiger partial charge in [0, 0.05) is 23.9 Å². The smallest absolute Gasteiger partial charge is 0.0284 e. The summed E-state index contributed by atoms with van der Waals surface area (Å²) in [6.45, 7) is 7.38. The third kappa shape index (κ3) is 3.62. The number of piperidine rings is 1. The molecule has 17 heavy (non-hydrogen) atoms. The molecule has 0 spiro atoms. The van der Waals surface area contributed by atoms with Gasteiger partial charge in [-0.3, -0.25) is 0 Å². The van der Waals surface area contributed by atoms with Gasteiger partial charge < -0.3 is 10.2 Å². The molecule has 0 aromatic rings. The third-order valence-electron chi connectivity index (χ3n) is 4.40. The molecule has 100 valence electrons. The van der Waals surface area contributed by atoms with Crippen LogP contribution in [0, 0.1) is 0 Å². The van der Waals surface area contributed by atoms with Crippen LogP contribution < -0.4 is 5.32 Å². The predicted octanol–water partition coefficient (Wildman–Crippen LogP) is 2.74. The third-order valence-corrected chi connectivity index (χ3v) is 5.80. The van der Waals surface area contributed by atoms with Gasteiger partial charge in [0.15, 0.2) is 0 Å². The van der Waals surface area contributed by atoms with Crippen LogP contribution in [0.15, 0.2) is 0 Å². The van der Waals surface area contributed by atoms with E-state index in [9.17, 15) is 0 Å². The van der Waals surface area contributed by atoms with Crippen molar-refractivity contribution in [2.75, 3.05) is 32.4 Å². The summed E-state index contributed by atoms with van der Waals surface area (Å²) in [4.78, 5) is 2.71. The molecule has 1 N–H and O–H groups in total. The van der Waals surface area contributed by atoms with Crippen molar-refractivity contribution in [1.82, 2.24) is 10.2 Å². The number of thioether (sulfide) groups is 1. The standard InChI is InChI=1S/C14H28N2S/c1-3-9-15-13-6-4-10-16(11-13)12-14(17-2)7-5-8-14/h13,15H,3-12H2,1-2H3. The number of rotatable bonds is 6. The molecule has 2 aliphatic rings. The summed E-state index contributed by atoms with van der Waals surface area (Å²) in [5.74, 6) is 0. The fraction of sp³-hybridized carbons (Fsp3) is 1.00. The van der Waals surface area contributed by atoms with E-state index in [1.54, 1.807) is 0 Å². The lowest BCUT2D eigenvalue weighted by molar-refractivity contribution is 0.151. The molecule has 0 bridgehead atoms. The van der Waals surface area contributed by atoms with Crippen LogP contribution in [-0.4, -0.2) is 48.1 Å². The van der Waals surface area contributed by atoms with Gasteiger partial charge in [0.1, 0.15) is 0 Å². The van der Waals surface area contributed by atoms with E-state index in [2.05, 4.69) is 35.2 Å². The van der Waals surface area contributed by atoms with Gasteiger partial charge in [-0.1, -0.05) is 13.3 Å². The minimum atomic E-state index is 0.618. The highest BCUT2D eigenvalue weighted by atomic mass is 32.2. The van der Waals surface area contributed by atoms with Crippen LogP contribution in [0.4, 0.5) is 0 Å². The van der Waals surface area contributed by atoms with Crippen molar-refractivity contribution in [3.8, 4) is 0 Å². The quantitative estimate of drug-likeness (QED) is 0.787. The zero-order valence-electron chi connectivity index (χ0n) is 11.5. The van der Waals surface area contributed by atoms with Crippen molar-refractivity contribution >= 4 is 11.8 Å². The first-order valence-electron chi connectivity index (χ1n) is 7.29. The maximum absolute atomic E-state index is 3.69. The predicted molar refractivity (Wildman–Crippen MR) is 77.9 cm³/mol. The summed E-state index contributed by atoms with van der Waals surface area (Å²) in [6.07, 6.45) is 10.7. The molecule has 0 aromatic heterocycles. The molecule has 1 aliphatic heterocycles. The van der Waals surface area contributed by atoms with E-state index in [-0.39, 0.29) is 0 Å². The summed E-state index contributed by atoms with van der Waals surface area (Å²) < 4.78 is 0.618. The van der Waals surface area contributed by atoms with Crippen LogP contribution >= 0.6 is 11.8 Å². The van der Waals surface area contributed by atoms with Crippen LogP contribution in [0.5, 0.6) is 0 Å². The van der Waals surface area contributed by atoms with Crippen LogP contribution in [0.3, 0.4) is 0 Å². The highest BCUT2D eigenvalue weighted by Gasteiger charge is 2.38. The second-order valence-corrected chi connectivity index (χ2v) is 7.04. The minimum absolute atomic E-state index is 0.618. The molecule has 3 heteroatoms. The maximum Gasteiger partial charge on any atom is 0.0284 e. The van der Waals surface area contributed by atoms with Gasteiger partial charge in [0.05, 0.1) is 0 Å². The largest absolute Gasteiger partial charge is 0.313 e. The Balaban J connectivity index is 1.76. The molecular formula is C14H28N2S. The molecule has 0 amide bonds. The van der Waals surface area contributed by atoms with E-state index in [0.717, 1.165) is 6.04 Å². The Morgan fingerprint density at radius 2 is 2.18 bits per heavy atom. The summed E-state index contributed by atoms with van der Waals surface area (Å²) in [5.41, 5.74) is 0. The van der Waals surface area contributed by atoms with E-state index in [1.165, 1.54) is 64.7 Å². The van der Waals surface area contributed by atoms with Gasteiger partial charge in [-0.15, -0.1) is 0 Å². The van der Waals surface area contributed by atoms with E-state index >= 15 is 0 Å². The summed E-state index contributed by atoms with van der Waals surface area (Å²) >= 11 is 2.11. The van der Waals surface area contributed by atoms with E-state index in [1.807, 2.05) is 0 Å². The first kappa shape index (κ1) is 13.7. The zero-order valence-corrected chi connectivity index (χ0v) is 12.3. The lowest BCUT2D eigenvalue weighted by Gasteiger charge is -2.46. The molecule has 2 rings (SSSR count). The molecule has 1 unspecified atom stereocenters. The SMILES string of the molecule is CCCNC1CCCN(CC2(SC)CCC2)C1. The number of hydrogen-bond acceptors (Lipinski definition) is 3. The van der Waals surface area contributed by atoms with Gasteiger partial charge >= 0.3 is 0 Å². The van der Waals surface area contributed by atoms with Crippen molar-refractivity contribution < 1.29 is 0 Å². The Labute approximate surface area is 111 Å². The average molecular weight is 256 g/mol. The lowest BCUT2D eigenvalue weighted by atomic mass is 9.83. The molecule has 1 saturated heterocycles. The molecule has 1 atom stereocenters. The first-order chi connectivity index (χ1) is 8.28. The number of likely N-dealkylation sites (tertiary alicyclic amines) is 1. The second kappa shape index (κ2) is 6.44. The van der Waals surface area contributed by atoms with E-state index in [0.29, 0.717) is 4.75 Å². The molecule has 2 nitrogen and oxygen atoms in total. The fourth-order valence-electron chi connectivity index (χ4n) is 3.12. The number of nitrogens with one attached hydrogen (secondary N) is 1. The summed E-state index contributed by atoms with van der Waals surface area (Å²) in [7, 11) is 0. The molecule has 0 aromatic carbocycles. The van der Waals surface area contributed by atoms with Crippen LogP contribution in [0.25, 0.3) is 0 Å². The summed E-state index contributed by atoms with van der Waals surface area (Å²) in [5, 5.41) is 3.69. The second-order valence-electron chi connectivity index (χ2n) is 5.77. The topological polar surface area (TPSA) is 15.3 Å². The van der Waals surface area contributed by atoms with Crippen molar-refractivity contribution in [3.63, 3.8) is 0 Å². The molecule has 1 saturated carbocycles. The molecule has 1 aliphatic carbocycles. The summed E-state index contributed by atoms with van der Waals surface area (Å²) in [6, 6.07) is 0.752. The molecule has 0 radical (unpaired) electrons. The van der Waals surface area contributed by atoms with Crippen molar-refractivity contribution in [2.45, 2.75) is 56.2 Å². The fourth-order valence-corrected chi connectivity index (χ4v) is 4.13. The van der Waals surface area contributed by atoms with Crippen molar-refractivity contribution in [2.24, 2.45) is 0 Å². The van der Waals surface area contributed by atoms with Crippen molar-refractivity contribution in [3.05, 3.63) is 0 Å². The normalized spacial score (nSPS) is 28.9. The van der Waals surface area contributed by atoms with Crippen LogP contribution in [0.2, 0.25) is 0 Å². The van der Waals surface area contributed by atoms with Gasteiger partial charge in [0.25, 0.3) is 0 Å². The first-order valence-corrected chi connectivity index (χ1v) is 8.51. The van der Waals surface area contributed by atoms with Crippen LogP contribution in [0.1, 0.15) is 45.4 Å². The number of nitrogens with zero attached hydrogens (tertiary/aromatic N) is 1. The van der Waals surface area contributed by atoms with Gasteiger partial charge in [-0.2, -0.15) is 11.8 Å². The lowest BCUT2D eigenvalue weighted by Crippen LogP contribution is -2.52. The van der Waals surface area contributed by atoms with Gasteiger partial charge in [-0.05, 0) is 51.4 Å². The maximum atomic E-state index is 3.69. The van der Waals surface area contributed by atoms with Gasteiger partial charge in [-0.25, -0.2) is 0 Å². The highest BCUT2D eigenvalue weighted by Crippen LogP contribution is 2.43. The number of hydrogen-bond donors (Lipinski definition) is 1. The zero-order chi connectivity index (χ0) is 12.1. The Morgan fingerprint density at radius 3 is 2.76 bits per heavy atom.